The minimum atomic E-state index is -5.11. The maximum absolute atomic E-state index is 12.7. The molecule has 1 fully saturated rings. The summed E-state index contributed by atoms with van der Waals surface area (Å²) in [5, 5.41) is 4.34. The van der Waals surface area contributed by atoms with Crippen molar-refractivity contribution in [3.8, 4) is 0 Å². The molecule has 0 saturated carbocycles. The van der Waals surface area contributed by atoms with E-state index < -0.39 is 29.8 Å². The number of carbonyl (C=O) groups is 2. The Hall–Kier alpha value is -2.10. The van der Waals surface area contributed by atoms with Crippen LogP contribution in [-0.2, 0) is 20.7 Å². The van der Waals surface area contributed by atoms with Crippen molar-refractivity contribution in [3.05, 3.63) is 17.0 Å². The predicted molar refractivity (Wildman–Crippen MR) is 109 cm³/mol. The highest BCUT2D eigenvalue weighted by atomic mass is 19.4. The van der Waals surface area contributed by atoms with E-state index in [0.29, 0.717) is 36.8 Å². The largest absolute Gasteiger partial charge is 0.491 e. The van der Waals surface area contributed by atoms with Gasteiger partial charge < -0.3 is 15.4 Å². The number of ether oxygens (including phenoxy) is 1. The van der Waals surface area contributed by atoms with E-state index in [2.05, 4.69) is 9.84 Å². The number of hydrogen-bond acceptors (Lipinski definition) is 5. The van der Waals surface area contributed by atoms with Crippen LogP contribution in [0.5, 0.6) is 0 Å². The maximum Gasteiger partial charge on any atom is 0.491 e. The molecule has 2 atom stereocenters. The lowest BCUT2D eigenvalue weighted by Crippen LogP contribution is -2.44. The first-order chi connectivity index (χ1) is 14.1. The number of likely N-dealkylation sites (tertiary alicyclic amines) is 1. The van der Waals surface area contributed by atoms with Gasteiger partial charge in [-0.3, -0.25) is 4.79 Å². The fourth-order valence-electron chi connectivity index (χ4n) is 3.90. The summed E-state index contributed by atoms with van der Waals surface area (Å²) in [5.41, 5.74) is 7.60. The van der Waals surface area contributed by atoms with E-state index in [1.165, 1.54) is 11.6 Å². The molecule has 0 spiro atoms. The number of piperidine rings is 1. The van der Waals surface area contributed by atoms with E-state index in [-0.39, 0.29) is 5.91 Å². The molecule has 1 amide bonds. The SMILES string of the molecule is Cc1nn(C(OC(=O)C(F)(F)F)[C@@H](C)N)c(C)c1CC1CCN(C(=O)C(C)(C)C)CC1. The summed E-state index contributed by atoms with van der Waals surface area (Å²) in [6, 6.07) is -0.885. The number of alkyl halides is 3. The number of esters is 1. The number of halogens is 3. The molecule has 1 aromatic rings. The van der Waals surface area contributed by atoms with E-state index in [4.69, 9.17) is 5.73 Å². The zero-order chi connectivity index (χ0) is 23.7. The highest BCUT2D eigenvalue weighted by Crippen LogP contribution is 2.30. The summed E-state index contributed by atoms with van der Waals surface area (Å²) in [6.45, 7) is 12.1. The van der Waals surface area contributed by atoms with Crippen LogP contribution in [-0.4, -0.2) is 51.9 Å². The molecule has 0 bridgehead atoms. The minimum Gasteiger partial charge on any atom is -0.431 e. The second kappa shape index (κ2) is 9.18. The van der Waals surface area contributed by atoms with E-state index in [1.807, 2.05) is 25.7 Å². The fourth-order valence-corrected chi connectivity index (χ4v) is 3.90. The molecular weight excluding hydrogens is 413 g/mol. The fraction of sp³-hybridized carbons (Fsp3) is 0.762. The molecular formula is C21H33F3N4O3. The number of rotatable bonds is 5. The molecule has 7 nitrogen and oxygen atoms in total. The van der Waals surface area contributed by atoms with E-state index in [0.717, 1.165) is 18.4 Å². The standard InChI is InChI=1S/C21H33F3N4O3/c1-12(25)17(31-19(30)21(22,23)24)28-14(3)16(13(2)26-28)11-15-7-9-27(10-8-15)18(29)20(4,5)6/h12,15,17H,7-11,25H2,1-6H3/t12-,17?/m1/s1. The Bertz CT molecular complexity index is 804. The van der Waals surface area contributed by atoms with Crippen molar-refractivity contribution in [2.45, 2.75) is 79.3 Å². The number of hydrogen-bond donors (Lipinski definition) is 1. The monoisotopic (exact) mass is 446 g/mol. The van der Waals surface area contributed by atoms with Crippen molar-refractivity contribution in [2.75, 3.05) is 13.1 Å². The van der Waals surface area contributed by atoms with Crippen LogP contribution in [0.1, 0.15) is 63.7 Å². The molecule has 2 rings (SSSR count). The van der Waals surface area contributed by atoms with E-state index in [1.54, 1.807) is 13.8 Å². The van der Waals surface area contributed by atoms with Crippen LogP contribution in [0.15, 0.2) is 0 Å². The first-order valence-corrected chi connectivity index (χ1v) is 10.5. The van der Waals surface area contributed by atoms with Crippen molar-refractivity contribution in [3.63, 3.8) is 0 Å². The highest BCUT2D eigenvalue weighted by molar-refractivity contribution is 5.81. The molecule has 0 radical (unpaired) electrons. The molecule has 2 N–H and O–H groups in total. The number of nitrogens with zero attached hydrogens (tertiary/aromatic N) is 3. The molecule has 0 aliphatic carbocycles. The predicted octanol–water partition coefficient (Wildman–Crippen LogP) is 3.28. The van der Waals surface area contributed by atoms with Gasteiger partial charge in [-0.1, -0.05) is 20.8 Å². The first kappa shape index (κ1) is 25.2. The number of nitrogens with two attached hydrogens (primary N) is 1. The van der Waals surface area contributed by atoms with E-state index in [9.17, 15) is 22.8 Å². The lowest BCUT2D eigenvalue weighted by atomic mass is 9.87. The molecule has 0 aromatic carbocycles. The molecule has 176 valence electrons. The first-order valence-electron chi connectivity index (χ1n) is 10.5. The topological polar surface area (TPSA) is 90.4 Å². The van der Waals surface area contributed by atoms with Gasteiger partial charge in [-0.2, -0.15) is 18.3 Å². The van der Waals surface area contributed by atoms with Crippen molar-refractivity contribution in [2.24, 2.45) is 17.1 Å². The summed E-state index contributed by atoms with van der Waals surface area (Å²) >= 11 is 0. The highest BCUT2D eigenvalue weighted by Gasteiger charge is 2.43. The van der Waals surface area contributed by atoms with Gasteiger partial charge >= 0.3 is 12.1 Å². The third-order valence-electron chi connectivity index (χ3n) is 5.66. The smallest absolute Gasteiger partial charge is 0.431 e. The number of carbonyl (C=O) groups excluding carboxylic acids is 2. The van der Waals surface area contributed by atoms with Crippen LogP contribution in [0.4, 0.5) is 13.2 Å². The molecule has 1 aliphatic rings. The van der Waals surface area contributed by atoms with Crippen LogP contribution in [0.3, 0.4) is 0 Å². The molecule has 1 aliphatic heterocycles. The van der Waals surface area contributed by atoms with Gasteiger partial charge in [0, 0.05) is 24.2 Å². The second-order valence-corrected chi connectivity index (χ2v) is 9.44. The van der Waals surface area contributed by atoms with Gasteiger partial charge in [-0.25, -0.2) is 9.48 Å². The molecule has 31 heavy (non-hydrogen) atoms. The zero-order valence-corrected chi connectivity index (χ0v) is 19.0. The Labute approximate surface area is 181 Å². The average Bonchev–Trinajstić information content (AvgIpc) is 2.92. The Balaban J connectivity index is 2.13. The van der Waals surface area contributed by atoms with Crippen LogP contribution in [0.2, 0.25) is 0 Å². The maximum atomic E-state index is 12.7. The molecule has 10 heteroatoms. The quantitative estimate of drug-likeness (QED) is 0.701. The summed E-state index contributed by atoms with van der Waals surface area (Å²) < 4.78 is 43.9. The Morgan fingerprint density at radius 1 is 1.19 bits per heavy atom. The lowest BCUT2D eigenvalue weighted by Gasteiger charge is -2.35. The molecule has 1 unspecified atom stereocenters. The van der Waals surface area contributed by atoms with Crippen LogP contribution in [0.25, 0.3) is 0 Å². The van der Waals surface area contributed by atoms with Crippen LogP contribution >= 0.6 is 0 Å². The Kier molecular flexibility index (Phi) is 7.45. The van der Waals surface area contributed by atoms with Crippen molar-refractivity contribution in [1.82, 2.24) is 14.7 Å². The third kappa shape index (κ3) is 5.99. The van der Waals surface area contributed by atoms with Crippen LogP contribution in [0, 0.1) is 25.2 Å². The molecule has 1 saturated heterocycles. The Morgan fingerprint density at radius 3 is 2.19 bits per heavy atom. The van der Waals surface area contributed by atoms with Crippen molar-refractivity contribution >= 4 is 11.9 Å². The van der Waals surface area contributed by atoms with Gasteiger partial charge in [0.1, 0.15) is 0 Å². The van der Waals surface area contributed by atoms with E-state index >= 15 is 0 Å². The minimum absolute atomic E-state index is 0.136. The average molecular weight is 447 g/mol. The number of amides is 1. The Morgan fingerprint density at radius 2 is 1.74 bits per heavy atom. The zero-order valence-electron chi connectivity index (χ0n) is 19.0. The number of aryl methyl sites for hydroxylation is 1. The third-order valence-corrected chi connectivity index (χ3v) is 5.66. The normalized spacial score (nSPS) is 18.1. The summed E-state index contributed by atoms with van der Waals surface area (Å²) in [4.78, 5) is 25.7. The van der Waals surface area contributed by atoms with Crippen LogP contribution < -0.4 is 5.73 Å². The second-order valence-electron chi connectivity index (χ2n) is 9.44. The van der Waals surface area contributed by atoms with Gasteiger partial charge in [0.05, 0.1) is 11.7 Å². The van der Waals surface area contributed by atoms with Gasteiger partial charge in [0.25, 0.3) is 0 Å². The number of aromatic nitrogens is 2. The van der Waals surface area contributed by atoms with Gasteiger partial charge in [0.2, 0.25) is 12.1 Å². The van der Waals surface area contributed by atoms with Gasteiger partial charge in [-0.05, 0) is 51.5 Å². The summed E-state index contributed by atoms with van der Waals surface area (Å²) in [5.74, 6) is -1.83. The van der Waals surface area contributed by atoms with Gasteiger partial charge in [0.15, 0.2) is 0 Å². The van der Waals surface area contributed by atoms with Gasteiger partial charge in [-0.15, -0.1) is 0 Å². The van der Waals surface area contributed by atoms with Crippen molar-refractivity contribution < 1.29 is 27.5 Å². The summed E-state index contributed by atoms with van der Waals surface area (Å²) in [6.07, 6.45) is -4.09. The molecule has 1 aromatic heterocycles. The lowest BCUT2D eigenvalue weighted by molar-refractivity contribution is -0.210. The molecule has 2 heterocycles. The summed E-state index contributed by atoms with van der Waals surface area (Å²) in [7, 11) is 0. The van der Waals surface area contributed by atoms with Crippen molar-refractivity contribution in [1.29, 1.82) is 0 Å².